The third kappa shape index (κ3) is 5.45. The highest BCUT2D eigenvalue weighted by Gasteiger charge is 2.30. The molecule has 0 N–H and O–H groups in total. The first-order valence-electron chi connectivity index (χ1n) is 9.93. The maximum atomic E-state index is 12.9. The topological polar surface area (TPSA) is 63.0 Å². The van der Waals surface area contributed by atoms with Crippen molar-refractivity contribution in [2.75, 3.05) is 26.2 Å². The molecule has 2 aromatic rings. The van der Waals surface area contributed by atoms with Gasteiger partial charge in [0.1, 0.15) is 0 Å². The van der Waals surface area contributed by atoms with Gasteiger partial charge in [-0.25, -0.2) is 0 Å². The fourth-order valence-corrected chi connectivity index (χ4v) is 3.67. The lowest BCUT2D eigenvalue weighted by molar-refractivity contribution is -0.143. The summed E-state index contributed by atoms with van der Waals surface area (Å²) in [6, 6.07) is 13.9. The van der Waals surface area contributed by atoms with Crippen molar-refractivity contribution in [2.45, 2.75) is 38.8 Å². The second kappa shape index (κ2) is 10.1. The molecule has 1 aromatic heterocycles. The van der Waals surface area contributed by atoms with Gasteiger partial charge in [0.05, 0.1) is 19.3 Å². The SMILES string of the molecule is CCOC(=O)CCN(C(=O)c1ccco1)C1CCN(Cc2ccccc2)CC1. The van der Waals surface area contributed by atoms with Crippen molar-refractivity contribution in [1.29, 1.82) is 0 Å². The first-order chi connectivity index (χ1) is 13.7. The van der Waals surface area contributed by atoms with Crippen LogP contribution >= 0.6 is 0 Å². The summed E-state index contributed by atoms with van der Waals surface area (Å²) in [6.45, 7) is 5.24. The molecule has 6 heteroatoms. The molecule has 150 valence electrons. The van der Waals surface area contributed by atoms with Crippen LogP contribution in [-0.2, 0) is 16.1 Å². The van der Waals surface area contributed by atoms with Crippen LogP contribution in [0.4, 0.5) is 0 Å². The molecule has 28 heavy (non-hydrogen) atoms. The number of furan rings is 1. The molecule has 1 amide bonds. The maximum Gasteiger partial charge on any atom is 0.307 e. The van der Waals surface area contributed by atoms with Gasteiger partial charge in [-0.3, -0.25) is 14.5 Å². The van der Waals surface area contributed by atoms with Crippen LogP contribution in [0.2, 0.25) is 0 Å². The lowest BCUT2D eigenvalue weighted by Crippen LogP contribution is -2.48. The van der Waals surface area contributed by atoms with Crippen LogP contribution in [0.1, 0.15) is 42.3 Å². The predicted molar refractivity (Wildman–Crippen MR) is 106 cm³/mol. The second-order valence-electron chi connectivity index (χ2n) is 7.02. The Morgan fingerprint density at radius 3 is 2.54 bits per heavy atom. The number of esters is 1. The van der Waals surface area contributed by atoms with E-state index in [1.165, 1.54) is 11.8 Å². The van der Waals surface area contributed by atoms with Crippen molar-refractivity contribution in [1.82, 2.24) is 9.80 Å². The van der Waals surface area contributed by atoms with E-state index in [4.69, 9.17) is 9.15 Å². The lowest BCUT2D eigenvalue weighted by atomic mass is 10.0. The monoisotopic (exact) mass is 384 g/mol. The van der Waals surface area contributed by atoms with E-state index in [9.17, 15) is 9.59 Å². The Morgan fingerprint density at radius 2 is 1.89 bits per heavy atom. The fourth-order valence-electron chi connectivity index (χ4n) is 3.67. The quantitative estimate of drug-likeness (QED) is 0.653. The zero-order valence-electron chi connectivity index (χ0n) is 16.4. The second-order valence-corrected chi connectivity index (χ2v) is 7.02. The van der Waals surface area contributed by atoms with Gasteiger partial charge in [-0.05, 0) is 37.5 Å². The van der Waals surface area contributed by atoms with Gasteiger partial charge in [-0.2, -0.15) is 0 Å². The largest absolute Gasteiger partial charge is 0.466 e. The molecule has 0 atom stereocenters. The minimum absolute atomic E-state index is 0.0963. The molecule has 1 saturated heterocycles. The minimum atomic E-state index is -0.277. The minimum Gasteiger partial charge on any atom is -0.466 e. The van der Waals surface area contributed by atoms with E-state index in [1.54, 1.807) is 24.0 Å². The van der Waals surface area contributed by atoms with Gasteiger partial charge in [-0.15, -0.1) is 0 Å². The number of hydrogen-bond donors (Lipinski definition) is 0. The highest BCUT2D eigenvalue weighted by molar-refractivity contribution is 5.92. The van der Waals surface area contributed by atoms with Crippen molar-refractivity contribution in [3.8, 4) is 0 Å². The molecular weight excluding hydrogens is 356 g/mol. The average molecular weight is 384 g/mol. The molecule has 0 saturated carbocycles. The number of carbonyl (C=O) groups excluding carboxylic acids is 2. The Morgan fingerprint density at radius 1 is 1.14 bits per heavy atom. The fraction of sp³-hybridized carbons (Fsp3) is 0.455. The van der Waals surface area contributed by atoms with Gasteiger partial charge in [0.25, 0.3) is 5.91 Å². The van der Waals surface area contributed by atoms with E-state index in [2.05, 4.69) is 29.2 Å². The zero-order valence-corrected chi connectivity index (χ0v) is 16.4. The van der Waals surface area contributed by atoms with Crippen LogP contribution in [0.15, 0.2) is 53.1 Å². The highest BCUT2D eigenvalue weighted by Crippen LogP contribution is 2.21. The number of likely N-dealkylation sites (tertiary alicyclic amines) is 1. The molecular formula is C22H28N2O4. The molecule has 6 nitrogen and oxygen atoms in total. The Labute approximate surface area is 166 Å². The first kappa shape index (κ1) is 20.1. The van der Waals surface area contributed by atoms with Gasteiger partial charge in [0, 0.05) is 32.2 Å². The number of ether oxygens (including phenoxy) is 1. The number of benzene rings is 1. The van der Waals surface area contributed by atoms with E-state index in [-0.39, 0.29) is 24.3 Å². The van der Waals surface area contributed by atoms with E-state index in [1.807, 2.05) is 6.07 Å². The standard InChI is InChI=1S/C22H28N2O4/c1-2-27-21(25)12-15-24(22(26)20-9-6-16-28-20)19-10-13-23(14-11-19)17-18-7-4-3-5-8-18/h3-9,16,19H,2,10-15,17H2,1H3. The van der Waals surface area contributed by atoms with E-state index < -0.39 is 0 Å². The van der Waals surface area contributed by atoms with Crippen LogP contribution in [0, 0.1) is 0 Å². The predicted octanol–water partition coefficient (Wildman–Crippen LogP) is 3.34. The van der Waals surface area contributed by atoms with Crippen LogP contribution in [0.5, 0.6) is 0 Å². The molecule has 0 bridgehead atoms. The molecule has 0 unspecified atom stereocenters. The van der Waals surface area contributed by atoms with Gasteiger partial charge < -0.3 is 14.1 Å². The zero-order chi connectivity index (χ0) is 19.8. The highest BCUT2D eigenvalue weighted by atomic mass is 16.5. The Bertz CT molecular complexity index is 737. The number of hydrogen-bond acceptors (Lipinski definition) is 5. The lowest BCUT2D eigenvalue weighted by Gasteiger charge is -2.38. The smallest absolute Gasteiger partial charge is 0.307 e. The number of rotatable bonds is 8. The summed E-state index contributed by atoms with van der Waals surface area (Å²) in [7, 11) is 0. The number of piperidine rings is 1. The van der Waals surface area contributed by atoms with Crippen molar-refractivity contribution >= 4 is 11.9 Å². The summed E-state index contributed by atoms with van der Waals surface area (Å²) >= 11 is 0. The molecule has 2 heterocycles. The molecule has 0 radical (unpaired) electrons. The Hall–Kier alpha value is -2.60. The van der Waals surface area contributed by atoms with Crippen molar-refractivity contribution < 1.29 is 18.7 Å². The Kier molecular flexibility index (Phi) is 7.25. The summed E-state index contributed by atoms with van der Waals surface area (Å²) < 4.78 is 10.3. The summed E-state index contributed by atoms with van der Waals surface area (Å²) in [5, 5.41) is 0. The van der Waals surface area contributed by atoms with Crippen molar-refractivity contribution in [3.05, 3.63) is 60.1 Å². The third-order valence-corrected chi connectivity index (χ3v) is 5.10. The van der Waals surface area contributed by atoms with E-state index in [0.717, 1.165) is 32.5 Å². The number of carbonyl (C=O) groups is 2. The normalized spacial score (nSPS) is 15.3. The van der Waals surface area contributed by atoms with Crippen molar-refractivity contribution in [3.63, 3.8) is 0 Å². The molecule has 1 aromatic carbocycles. The van der Waals surface area contributed by atoms with Gasteiger partial charge in [-0.1, -0.05) is 30.3 Å². The van der Waals surface area contributed by atoms with Crippen LogP contribution in [-0.4, -0.2) is 54.0 Å². The molecule has 0 aliphatic carbocycles. The number of nitrogens with zero attached hydrogens (tertiary/aromatic N) is 2. The average Bonchev–Trinajstić information content (AvgIpc) is 3.25. The molecule has 1 fully saturated rings. The van der Waals surface area contributed by atoms with Crippen LogP contribution in [0.25, 0.3) is 0 Å². The van der Waals surface area contributed by atoms with Crippen LogP contribution < -0.4 is 0 Å². The van der Waals surface area contributed by atoms with Gasteiger partial charge in [0.15, 0.2) is 5.76 Å². The molecule has 1 aliphatic rings. The molecule has 0 spiro atoms. The van der Waals surface area contributed by atoms with Crippen molar-refractivity contribution in [2.24, 2.45) is 0 Å². The first-order valence-corrected chi connectivity index (χ1v) is 9.93. The summed E-state index contributed by atoms with van der Waals surface area (Å²) in [4.78, 5) is 28.9. The third-order valence-electron chi connectivity index (χ3n) is 5.10. The summed E-state index contributed by atoms with van der Waals surface area (Å²) in [5.41, 5.74) is 1.30. The number of amides is 1. The van der Waals surface area contributed by atoms with E-state index >= 15 is 0 Å². The van der Waals surface area contributed by atoms with Gasteiger partial charge in [0.2, 0.25) is 0 Å². The molecule has 1 aliphatic heterocycles. The summed E-state index contributed by atoms with van der Waals surface area (Å²) in [6.07, 6.45) is 3.45. The Balaban J connectivity index is 1.60. The van der Waals surface area contributed by atoms with E-state index in [0.29, 0.717) is 18.9 Å². The van der Waals surface area contributed by atoms with Crippen LogP contribution in [0.3, 0.4) is 0 Å². The maximum absolute atomic E-state index is 12.9. The van der Waals surface area contributed by atoms with Gasteiger partial charge >= 0.3 is 5.97 Å². The summed E-state index contributed by atoms with van der Waals surface area (Å²) in [5.74, 6) is -0.118. The molecule has 3 rings (SSSR count).